The van der Waals surface area contributed by atoms with Crippen molar-refractivity contribution in [3.05, 3.63) is 35.9 Å². The van der Waals surface area contributed by atoms with Gasteiger partial charge in [0.1, 0.15) is 6.10 Å². The Morgan fingerprint density at radius 2 is 2.00 bits per heavy atom. The third kappa shape index (κ3) is 2.29. The van der Waals surface area contributed by atoms with E-state index in [0.29, 0.717) is 12.1 Å². The van der Waals surface area contributed by atoms with E-state index in [-0.39, 0.29) is 0 Å². The minimum absolute atomic E-state index is 0.381. The van der Waals surface area contributed by atoms with E-state index >= 15 is 0 Å². The SMILES string of the molecule is CC/C(=N\O)C(O)c1ccccc1. The molecular weight excluding hydrogens is 166 g/mol. The molecule has 1 atom stereocenters. The second kappa shape index (κ2) is 4.62. The van der Waals surface area contributed by atoms with Crippen molar-refractivity contribution >= 4 is 5.71 Å². The van der Waals surface area contributed by atoms with Crippen molar-refractivity contribution in [3.8, 4) is 0 Å². The lowest BCUT2D eigenvalue weighted by Crippen LogP contribution is -2.10. The van der Waals surface area contributed by atoms with Gasteiger partial charge in [-0.1, -0.05) is 42.4 Å². The van der Waals surface area contributed by atoms with Crippen molar-refractivity contribution in [3.63, 3.8) is 0 Å². The van der Waals surface area contributed by atoms with Crippen LogP contribution < -0.4 is 0 Å². The summed E-state index contributed by atoms with van der Waals surface area (Å²) in [5.74, 6) is 0. The molecule has 0 aliphatic rings. The number of oxime groups is 1. The Labute approximate surface area is 77.3 Å². The standard InChI is InChI=1S/C10H13NO2/c1-2-9(11-13)10(12)8-6-4-3-5-7-8/h3-7,10,12-13H,2H2,1H3/b11-9+. The first kappa shape index (κ1) is 9.74. The number of aliphatic hydroxyl groups excluding tert-OH is 1. The second-order valence-corrected chi connectivity index (χ2v) is 2.76. The number of hydrogen-bond acceptors (Lipinski definition) is 3. The zero-order chi connectivity index (χ0) is 9.68. The molecule has 0 aromatic heterocycles. The first-order valence-corrected chi connectivity index (χ1v) is 4.23. The molecular formula is C10H13NO2. The van der Waals surface area contributed by atoms with Crippen molar-refractivity contribution < 1.29 is 10.3 Å². The number of benzene rings is 1. The zero-order valence-corrected chi connectivity index (χ0v) is 7.51. The highest BCUT2D eigenvalue weighted by molar-refractivity contribution is 5.88. The van der Waals surface area contributed by atoms with Crippen LogP contribution in [0.4, 0.5) is 0 Å². The number of nitrogens with zero attached hydrogens (tertiary/aromatic N) is 1. The third-order valence-corrected chi connectivity index (χ3v) is 1.92. The van der Waals surface area contributed by atoms with E-state index in [0.717, 1.165) is 5.56 Å². The van der Waals surface area contributed by atoms with Crippen LogP contribution in [0.2, 0.25) is 0 Å². The fourth-order valence-electron chi connectivity index (χ4n) is 1.15. The maximum atomic E-state index is 9.69. The smallest absolute Gasteiger partial charge is 0.120 e. The van der Waals surface area contributed by atoms with Crippen LogP contribution in [0.15, 0.2) is 35.5 Å². The van der Waals surface area contributed by atoms with Crippen molar-refractivity contribution in [1.82, 2.24) is 0 Å². The highest BCUT2D eigenvalue weighted by atomic mass is 16.4. The molecule has 0 amide bonds. The highest BCUT2D eigenvalue weighted by Crippen LogP contribution is 2.15. The molecule has 0 bridgehead atoms. The molecule has 0 saturated heterocycles. The van der Waals surface area contributed by atoms with Gasteiger partial charge in [-0.25, -0.2) is 0 Å². The van der Waals surface area contributed by atoms with Gasteiger partial charge in [-0.05, 0) is 12.0 Å². The van der Waals surface area contributed by atoms with Crippen molar-refractivity contribution in [2.24, 2.45) is 5.16 Å². The van der Waals surface area contributed by atoms with Crippen molar-refractivity contribution in [2.45, 2.75) is 19.4 Å². The van der Waals surface area contributed by atoms with Crippen molar-refractivity contribution in [2.75, 3.05) is 0 Å². The summed E-state index contributed by atoms with van der Waals surface area (Å²) in [6.07, 6.45) is -0.261. The molecule has 0 aliphatic carbocycles. The summed E-state index contributed by atoms with van der Waals surface area (Å²) in [6, 6.07) is 9.14. The zero-order valence-electron chi connectivity index (χ0n) is 7.51. The molecule has 1 rings (SSSR count). The summed E-state index contributed by atoms with van der Waals surface area (Å²) in [5.41, 5.74) is 1.13. The van der Waals surface area contributed by atoms with Gasteiger partial charge in [-0.15, -0.1) is 0 Å². The third-order valence-electron chi connectivity index (χ3n) is 1.92. The van der Waals surface area contributed by atoms with E-state index in [1.54, 1.807) is 12.1 Å². The largest absolute Gasteiger partial charge is 0.411 e. The molecule has 0 radical (unpaired) electrons. The fraction of sp³-hybridized carbons (Fsp3) is 0.300. The van der Waals surface area contributed by atoms with Crippen LogP contribution in [-0.2, 0) is 0 Å². The average molecular weight is 179 g/mol. The molecule has 0 fully saturated rings. The van der Waals surface area contributed by atoms with Crippen LogP contribution in [0, 0.1) is 0 Å². The molecule has 13 heavy (non-hydrogen) atoms. The van der Waals surface area contributed by atoms with E-state index in [1.165, 1.54) is 0 Å². The normalized spacial score (nSPS) is 14.2. The summed E-state index contributed by atoms with van der Waals surface area (Å²) < 4.78 is 0. The Balaban J connectivity index is 2.85. The molecule has 0 aliphatic heterocycles. The van der Waals surface area contributed by atoms with Gasteiger partial charge in [0.2, 0.25) is 0 Å². The van der Waals surface area contributed by atoms with Crippen molar-refractivity contribution in [1.29, 1.82) is 0 Å². The van der Waals surface area contributed by atoms with Gasteiger partial charge in [-0.3, -0.25) is 0 Å². The first-order valence-electron chi connectivity index (χ1n) is 4.23. The Morgan fingerprint density at radius 1 is 1.38 bits per heavy atom. The topological polar surface area (TPSA) is 52.8 Å². The van der Waals surface area contributed by atoms with Crippen LogP contribution in [0.25, 0.3) is 0 Å². The predicted octanol–water partition coefficient (Wildman–Crippen LogP) is 1.96. The molecule has 1 unspecified atom stereocenters. The number of aliphatic hydroxyl groups is 1. The molecule has 0 saturated carbocycles. The minimum Gasteiger partial charge on any atom is -0.411 e. The van der Waals surface area contributed by atoms with Crippen LogP contribution >= 0.6 is 0 Å². The average Bonchev–Trinajstić information content (AvgIpc) is 2.21. The van der Waals surface area contributed by atoms with Crippen LogP contribution in [-0.4, -0.2) is 16.0 Å². The van der Waals surface area contributed by atoms with Crippen LogP contribution in [0.5, 0.6) is 0 Å². The molecule has 2 N–H and O–H groups in total. The molecule has 70 valence electrons. The molecule has 3 heteroatoms. The Bertz CT molecular complexity index is 282. The molecule has 1 aromatic rings. The Morgan fingerprint density at radius 3 is 2.46 bits per heavy atom. The summed E-state index contributed by atoms with van der Waals surface area (Å²) in [5, 5.41) is 21.3. The van der Waals surface area contributed by atoms with E-state index in [9.17, 15) is 5.11 Å². The fourth-order valence-corrected chi connectivity index (χ4v) is 1.15. The number of hydrogen-bond donors (Lipinski definition) is 2. The Kier molecular flexibility index (Phi) is 3.46. The van der Waals surface area contributed by atoms with Gasteiger partial charge >= 0.3 is 0 Å². The molecule has 3 nitrogen and oxygen atoms in total. The van der Waals surface area contributed by atoms with E-state index in [4.69, 9.17) is 5.21 Å². The molecule has 1 aromatic carbocycles. The monoisotopic (exact) mass is 179 g/mol. The lowest BCUT2D eigenvalue weighted by atomic mass is 10.0. The predicted molar refractivity (Wildman–Crippen MR) is 50.9 cm³/mol. The van der Waals surface area contributed by atoms with Gasteiger partial charge in [0.25, 0.3) is 0 Å². The summed E-state index contributed by atoms with van der Waals surface area (Å²) in [6.45, 7) is 1.83. The van der Waals surface area contributed by atoms with Crippen LogP contribution in [0.1, 0.15) is 25.0 Å². The van der Waals surface area contributed by atoms with Gasteiger partial charge in [0.05, 0.1) is 5.71 Å². The summed E-state index contributed by atoms with van der Waals surface area (Å²) in [7, 11) is 0. The number of rotatable bonds is 3. The maximum absolute atomic E-state index is 9.69. The van der Waals surface area contributed by atoms with E-state index in [2.05, 4.69) is 5.16 Å². The van der Waals surface area contributed by atoms with Crippen LogP contribution in [0.3, 0.4) is 0 Å². The summed E-state index contributed by atoms with van der Waals surface area (Å²) >= 11 is 0. The Hall–Kier alpha value is -1.35. The molecule has 0 heterocycles. The highest BCUT2D eigenvalue weighted by Gasteiger charge is 2.12. The first-order chi connectivity index (χ1) is 6.29. The van der Waals surface area contributed by atoms with Gasteiger partial charge in [0, 0.05) is 0 Å². The summed E-state index contributed by atoms with van der Waals surface area (Å²) in [4.78, 5) is 0. The second-order valence-electron chi connectivity index (χ2n) is 2.76. The lowest BCUT2D eigenvalue weighted by Gasteiger charge is -2.10. The quantitative estimate of drug-likeness (QED) is 0.423. The van der Waals surface area contributed by atoms with Gasteiger partial charge < -0.3 is 10.3 Å². The molecule has 0 spiro atoms. The maximum Gasteiger partial charge on any atom is 0.120 e. The minimum atomic E-state index is -0.795. The van der Waals surface area contributed by atoms with Gasteiger partial charge in [-0.2, -0.15) is 0 Å². The van der Waals surface area contributed by atoms with E-state index in [1.807, 2.05) is 25.1 Å². The lowest BCUT2D eigenvalue weighted by molar-refractivity contribution is 0.232. The van der Waals surface area contributed by atoms with E-state index < -0.39 is 6.10 Å². The van der Waals surface area contributed by atoms with Gasteiger partial charge in [0.15, 0.2) is 0 Å².